The number of nitrogens with zero attached hydrogens (tertiary/aromatic N) is 6. The molecule has 0 aliphatic rings. The van der Waals surface area contributed by atoms with Crippen LogP contribution in [-0.4, -0.2) is 30.1 Å². The van der Waals surface area contributed by atoms with E-state index in [0.717, 1.165) is 39.0 Å². The van der Waals surface area contributed by atoms with Crippen LogP contribution in [0.1, 0.15) is 49.9 Å². The SMILES string of the molecule is CC(C)c1noc(-c2ccc([C@H](C)Oc3nc4ccc(-c5ccc(C(F)(F)F)nc5)nc4s3)c3nc4ccccc4cc23)n1. The number of pyridine rings is 3. The Morgan fingerprint density at radius 1 is 0.864 bits per heavy atom. The van der Waals surface area contributed by atoms with Crippen molar-refractivity contribution in [3.63, 3.8) is 0 Å². The molecule has 5 aromatic heterocycles. The molecule has 0 aliphatic carbocycles. The summed E-state index contributed by atoms with van der Waals surface area (Å²) in [6, 6.07) is 19.6. The van der Waals surface area contributed by atoms with Gasteiger partial charge in [0, 0.05) is 39.6 Å². The summed E-state index contributed by atoms with van der Waals surface area (Å²) in [5.74, 6) is 1.17. The van der Waals surface area contributed by atoms with Crippen LogP contribution in [0.4, 0.5) is 13.2 Å². The van der Waals surface area contributed by atoms with Gasteiger partial charge in [0.25, 0.3) is 11.1 Å². The minimum atomic E-state index is -4.51. The molecule has 0 unspecified atom stereocenters. The predicted molar refractivity (Wildman–Crippen MR) is 161 cm³/mol. The maximum absolute atomic E-state index is 12.9. The second-order valence-electron chi connectivity index (χ2n) is 10.6. The van der Waals surface area contributed by atoms with Crippen molar-refractivity contribution >= 4 is 43.5 Å². The van der Waals surface area contributed by atoms with Crippen molar-refractivity contribution in [1.82, 2.24) is 30.1 Å². The molecule has 44 heavy (non-hydrogen) atoms. The van der Waals surface area contributed by atoms with Crippen LogP contribution in [0.3, 0.4) is 0 Å². The topological polar surface area (TPSA) is 99.7 Å². The highest BCUT2D eigenvalue weighted by Crippen LogP contribution is 2.37. The number of benzene rings is 2. The van der Waals surface area contributed by atoms with Crippen LogP contribution >= 0.6 is 11.3 Å². The van der Waals surface area contributed by atoms with E-state index in [1.54, 1.807) is 12.1 Å². The van der Waals surface area contributed by atoms with Crippen LogP contribution in [-0.2, 0) is 6.18 Å². The Morgan fingerprint density at radius 3 is 2.45 bits per heavy atom. The van der Waals surface area contributed by atoms with Crippen molar-refractivity contribution in [1.29, 1.82) is 0 Å². The molecular weight excluding hydrogens is 589 g/mol. The fraction of sp³-hybridized carbons (Fsp3) is 0.188. The van der Waals surface area contributed by atoms with Crippen LogP contribution in [0.5, 0.6) is 5.19 Å². The third-order valence-corrected chi connectivity index (χ3v) is 8.06. The quantitative estimate of drug-likeness (QED) is 0.172. The van der Waals surface area contributed by atoms with Crippen molar-refractivity contribution in [2.24, 2.45) is 0 Å². The van der Waals surface area contributed by atoms with E-state index in [0.29, 0.717) is 38.5 Å². The van der Waals surface area contributed by atoms with Gasteiger partial charge in [-0.25, -0.2) is 15.0 Å². The highest BCUT2D eigenvalue weighted by molar-refractivity contribution is 7.19. The first-order chi connectivity index (χ1) is 21.1. The smallest absolute Gasteiger partial charge is 0.433 e. The van der Waals surface area contributed by atoms with Crippen molar-refractivity contribution in [2.45, 2.75) is 39.0 Å². The number of aromatic nitrogens is 6. The summed E-state index contributed by atoms with van der Waals surface area (Å²) in [6.07, 6.45) is -3.77. The maximum atomic E-state index is 12.9. The summed E-state index contributed by atoms with van der Waals surface area (Å²) in [7, 11) is 0. The molecule has 7 aromatic rings. The van der Waals surface area contributed by atoms with Crippen LogP contribution in [0.15, 0.2) is 77.4 Å². The molecule has 1 atom stereocenters. The largest absolute Gasteiger partial charge is 0.462 e. The lowest BCUT2D eigenvalue weighted by molar-refractivity contribution is -0.141. The van der Waals surface area contributed by atoms with Crippen molar-refractivity contribution in [2.75, 3.05) is 0 Å². The molecule has 0 saturated carbocycles. The molecule has 0 saturated heterocycles. The van der Waals surface area contributed by atoms with Gasteiger partial charge < -0.3 is 9.26 Å². The van der Waals surface area contributed by atoms with E-state index in [1.807, 2.05) is 57.2 Å². The van der Waals surface area contributed by atoms with Crippen molar-refractivity contribution in [3.05, 3.63) is 90.0 Å². The zero-order valence-corrected chi connectivity index (χ0v) is 24.4. The van der Waals surface area contributed by atoms with Gasteiger partial charge in [0.2, 0.25) is 0 Å². The molecule has 0 N–H and O–H groups in total. The summed E-state index contributed by atoms with van der Waals surface area (Å²) < 4.78 is 50.7. The zero-order valence-electron chi connectivity index (χ0n) is 23.6. The number of para-hydroxylation sites is 1. The lowest BCUT2D eigenvalue weighted by Gasteiger charge is -2.16. The van der Waals surface area contributed by atoms with Gasteiger partial charge >= 0.3 is 6.18 Å². The zero-order chi connectivity index (χ0) is 30.6. The summed E-state index contributed by atoms with van der Waals surface area (Å²) in [5.41, 5.74) is 3.83. The number of rotatable bonds is 6. The van der Waals surface area contributed by atoms with Gasteiger partial charge in [-0.15, -0.1) is 0 Å². The van der Waals surface area contributed by atoms with E-state index in [-0.39, 0.29) is 5.92 Å². The fourth-order valence-electron chi connectivity index (χ4n) is 4.91. The minimum Gasteiger partial charge on any atom is -0.462 e. The Kier molecular flexibility index (Phi) is 6.73. The predicted octanol–water partition coefficient (Wildman–Crippen LogP) is 8.79. The normalized spacial score (nSPS) is 12.9. The molecule has 0 aliphatic heterocycles. The Labute approximate surface area is 252 Å². The van der Waals surface area contributed by atoms with E-state index in [9.17, 15) is 13.2 Å². The second kappa shape index (κ2) is 10.6. The average Bonchev–Trinajstić information content (AvgIpc) is 3.66. The van der Waals surface area contributed by atoms with Gasteiger partial charge in [-0.2, -0.15) is 18.2 Å². The standard InChI is InChI=1S/C32H23F3N6O2S/c1-16(2)28-40-29(43-41-28)21-10-9-20(27-22(21)14-18-6-4-5-7-23(18)37-27)17(3)42-31-39-25-12-11-24(38-30(25)44-31)19-8-13-26(36-15-19)32(33,34)35/h4-17H,1-3H3/t17-/m0/s1. The third kappa shape index (κ3) is 5.11. The van der Waals surface area contributed by atoms with Crippen LogP contribution in [0.25, 0.3) is 54.9 Å². The molecule has 7 rings (SSSR count). The summed E-state index contributed by atoms with van der Waals surface area (Å²) in [4.78, 5) is 22.9. The Morgan fingerprint density at radius 2 is 1.70 bits per heavy atom. The summed E-state index contributed by atoms with van der Waals surface area (Å²) in [5, 5.41) is 6.38. The molecule has 8 nitrogen and oxygen atoms in total. The van der Waals surface area contributed by atoms with Gasteiger partial charge in [0.15, 0.2) is 5.82 Å². The molecule has 220 valence electrons. The fourth-order valence-corrected chi connectivity index (χ4v) is 5.78. The lowest BCUT2D eigenvalue weighted by atomic mass is 9.99. The van der Waals surface area contributed by atoms with E-state index in [1.165, 1.54) is 23.6 Å². The summed E-state index contributed by atoms with van der Waals surface area (Å²) in [6.45, 7) is 5.94. The number of halogens is 3. The second-order valence-corrected chi connectivity index (χ2v) is 11.5. The van der Waals surface area contributed by atoms with Gasteiger partial charge in [-0.05, 0) is 49.4 Å². The first-order valence-corrected chi connectivity index (χ1v) is 14.6. The molecule has 12 heteroatoms. The molecule has 0 bridgehead atoms. The molecule has 0 fully saturated rings. The average molecular weight is 613 g/mol. The lowest BCUT2D eigenvalue weighted by Crippen LogP contribution is -2.07. The van der Waals surface area contributed by atoms with Crippen molar-refractivity contribution in [3.8, 4) is 27.9 Å². The van der Waals surface area contributed by atoms with E-state index in [4.69, 9.17) is 14.2 Å². The van der Waals surface area contributed by atoms with Gasteiger partial charge in [-0.3, -0.25) is 4.98 Å². The molecule has 0 spiro atoms. The van der Waals surface area contributed by atoms with E-state index < -0.39 is 18.0 Å². The molecular formula is C32H23F3N6O2S. The van der Waals surface area contributed by atoms with E-state index in [2.05, 4.69) is 31.2 Å². The van der Waals surface area contributed by atoms with Crippen LogP contribution in [0.2, 0.25) is 0 Å². The highest BCUT2D eigenvalue weighted by atomic mass is 32.1. The van der Waals surface area contributed by atoms with Crippen LogP contribution in [0, 0.1) is 0 Å². The Bertz CT molecular complexity index is 2160. The highest BCUT2D eigenvalue weighted by Gasteiger charge is 2.32. The Hall–Kier alpha value is -4.97. The monoisotopic (exact) mass is 612 g/mol. The summed E-state index contributed by atoms with van der Waals surface area (Å²) >= 11 is 1.25. The number of thiazole rings is 1. The number of ether oxygens (including phenoxy) is 1. The number of hydrogen-bond donors (Lipinski definition) is 0. The molecule has 2 aromatic carbocycles. The molecule has 5 heterocycles. The third-order valence-electron chi connectivity index (χ3n) is 7.21. The van der Waals surface area contributed by atoms with Gasteiger partial charge in [-0.1, -0.05) is 54.6 Å². The molecule has 0 amide bonds. The van der Waals surface area contributed by atoms with E-state index >= 15 is 0 Å². The maximum Gasteiger partial charge on any atom is 0.433 e. The van der Waals surface area contributed by atoms with Crippen molar-refractivity contribution < 1.29 is 22.4 Å². The van der Waals surface area contributed by atoms with Crippen LogP contribution < -0.4 is 4.74 Å². The minimum absolute atomic E-state index is 0.122. The van der Waals surface area contributed by atoms with Gasteiger partial charge in [0.05, 0.1) is 16.7 Å². The first-order valence-electron chi connectivity index (χ1n) is 13.8. The number of alkyl halides is 3. The number of hydrogen-bond acceptors (Lipinski definition) is 9. The number of fused-ring (bicyclic) bond motifs is 3. The van der Waals surface area contributed by atoms with Gasteiger partial charge in [0.1, 0.15) is 22.1 Å². The molecule has 0 radical (unpaired) electrons. The Balaban J connectivity index is 1.23. The first kappa shape index (κ1) is 27.8.